The Morgan fingerprint density at radius 1 is 1.69 bits per heavy atom. The smallest absolute Gasteiger partial charge is 0.188 e. The lowest BCUT2D eigenvalue weighted by Gasteiger charge is -2.05. The molecule has 0 saturated carbocycles. The highest BCUT2D eigenvalue weighted by Crippen LogP contribution is 2.02. The molecule has 0 aliphatic heterocycles. The highest BCUT2D eigenvalue weighted by Gasteiger charge is 2.01. The molecule has 1 aromatic heterocycles. The van der Waals surface area contributed by atoms with E-state index in [2.05, 4.69) is 22.0 Å². The van der Waals surface area contributed by atoms with Gasteiger partial charge in [-0.3, -0.25) is 4.98 Å². The van der Waals surface area contributed by atoms with E-state index in [9.17, 15) is 0 Å². The number of hydrogen-bond acceptors (Lipinski definition) is 4. The second kappa shape index (κ2) is 6.09. The van der Waals surface area contributed by atoms with Crippen LogP contribution in [0.4, 0.5) is 0 Å². The minimum absolute atomic E-state index is 0.0106. The summed E-state index contributed by atoms with van der Waals surface area (Å²) in [4.78, 5) is 3.97. The molecule has 0 radical (unpaired) electrons. The summed E-state index contributed by atoms with van der Waals surface area (Å²) in [5.41, 5.74) is 6.83. The van der Waals surface area contributed by atoms with Crippen LogP contribution < -0.4 is 11.1 Å². The number of hydrogen-bond donors (Lipinski definition) is 3. The van der Waals surface area contributed by atoms with Crippen molar-refractivity contribution >= 4 is 17.4 Å². The SMILES string of the molecule is C=C(Cl)CNCc1ccnc(/C(N)=N\O)c1. The second-order valence-corrected chi connectivity index (χ2v) is 3.69. The van der Waals surface area contributed by atoms with Gasteiger partial charge < -0.3 is 16.3 Å². The number of oxime groups is 1. The summed E-state index contributed by atoms with van der Waals surface area (Å²) in [5.74, 6) is -0.0106. The molecule has 0 aromatic carbocycles. The predicted octanol–water partition coefficient (Wildman–Crippen LogP) is 1.02. The Labute approximate surface area is 98.6 Å². The highest BCUT2D eigenvalue weighted by molar-refractivity contribution is 6.29. The van der Waals surface area contributed by atoms with E-state index in [1.165, 1.54) is 0 Å². The zero-order chi connectivity index (χ0) is 12.0. The first kappa shape index (κ1) is 12.5. The molecule has 0 saturated heterocycles. The lowest BCUT2D eigenvalue weighted by Crippen LogP contribution is -2.17. The number of amidine groups is 1. The molecule has 0 spiro atoms. The van der Waals surface area contributed by atoms with E-state index in [-0.39, 0.29) is 5.84 Å². The Morgan fingerprint density at radius 3 is 3.06 bits per heavy atom. The topological polar surface area (TPSA) is 83.5 Å². The first-order valence-corrected chi connectivity index (χ1v) is 4.98. The first-order chi connectivity index (χ1) is 7.63. The van der Waals surface area contributed by atoms with Crippen LogP contribution >= 0.6 is 11.6 Å². The fourth-order valence-electron chi connectivity index (χ4n) is 1.12. The molecule has 16 heavy (non-hydrogen) atoms. The molecule has 1 heterocycles. The molecule has 1 rings (SSSR count). The van der Waals surface area contributed by atoms with Gasteiger partial charge >= 0.3 is 0 Å². The fourth-order valence-corrected chi connectivity index (χ4v) is 1.21. The normalized spacial score (nSPS) is 11.4. The number of halogens is 1. The highest BCUT2D eigenvalue weighted by atomic mass is 35.5. The molecule has 4 N–H and O–H groups in total. The summed E-state index contributed by atoms with van der Waals surface area (Å²) in [7, 11) is 0. The minimum atomic E-state index is -0.0106. The van der Waals surface area contributed by atoms with E-state index in [4.69, 9.17) is 22.5 Å². The summed E-state index contributed by atoms with van der Waals surface area (Å²) in [6.45, 7) is 4.71. The molecule has 0 amide bonds. The van der Waals surface area contributed by atoms with E-state index >= 15 is 0 Å². The van der Waals surface area contributed by atoms with Crippen molar-refractivity contribution in [2.75, 3.05) is 6.54 Å². The molecule has 0 atom stereocenters. The van der Waals surface area contributed by atoms with Crippen LogP contribution in [-0.4, -0.2) is 22.6 Å². The third-order valence-electron chi connectivity index (χ3n) is 1.84. The van der Waals surface area contributed by atoms with Crippen LogP contribution in [0.2, 0.25) is 0 Å². The van der Waals surface area contributed by atoms with Crippen molar-refractivity contribution in [1.29, 1.82) is 0 Å². The van der Waals surface area contributed by atoms with E-state index in [0.29, 0.717) is 23.8 Å². The maximum atomic E-state index is 8.51. The Bertz CT molecular complexity index is 406. The zero-order valence-corrected chi connectivity index (χ0v) is 9.41. The van der Waals surface area contributed by atoms with Crippen molar-refractivity contribution in [2.45, 2.75) is 6.54 Å². The van der Waals surface area contributed by atoms with Crippen LogP contribution in [-0.2, 0) is 6.54 Å². The van der Waals surface area contributed by atoms with Crippen LogP contribution in [0.15, 0.2) is 35.1 Å². The summed E-state index contributed by atoms with van der Waals surface area (Å²) < 4.78 is 0. The maximum Gasteiger partial charge on any atom is 0.188 e. The maximum absolute atomic E-state index is 8.51. The van der Waals surface area contributed by atoms with Crippen molar-refractivity contribution in [1.82, 2.24) is 10.3 Å². The van der Waals surface area contributed by atoms with Crippen molar-refractivity contribution in [3.63, 3.8) is 0 Å². The molecule has 1 aromatic rings. The average molecular weight is 241 g/mol. The monoisotopic (exact) mass is 240 g/mol. The predicted molar refractivity (Wildman–Crippen MR) is 63.4 cm³/mol. The molecule has 0 aliphatic rings. The van der Waals surface area contributed by atoms with E-state index in [1.54, 1.807) is 12.3 Å². The molecular formula is C10H13ClN4O. The lowest BCUT2D eigenvalue weighted by atomic mass is 10.2. The summed E-state index contributed by atoms with van der Waals surface area (Å²) in [6, 6.07) is 3.57. The van der Waals surface area contributed by atoms with Crippen molar-refractivity contribution in [3.8, 4) is 0 Å². The number of nitrogens with zero attached hydrogens (tertiary/aromatic N) is 2. The van der Waals surface area contributed by atoms with Crippen molar-refractivity contribution < 1.29 is 5.21 Å². The number of nitrogens with one attached hydrogen (secondary N) is 1. The molecular weight excluding hydrogens is 228 g/mol. The first-order valence-electron chi connectivity index (χ1n) is 4.60. The third-order valence-corrected chi connectivity index (χ3v) is 1.97. The Kier molecular flexibility index (Phi) is 4.75. The zero-order valence-electron chi connectivity index (χ0n) is 8.65. The van der Waals surface area contributed by atoms with E-state index in [0.717, 1.165) is 5.56 Å². The molecule has 0 fully saturated rings. The Morgan fingerprint density at radius 2 is 2.44 bits per heavy atom. The van der Waals surface area contributed by atoms with E-state index in [1.807, 2.05) is 6.07 Å². The second-order valence-electron chi connectivity index (χ2n) is 3.16. The van der Waals surface area contributed by atoms with Gasteiger partial charge in [-0.1, -0.05) is 23.3 Å². The van der Waals surface area contributed by atoms with Crippen LogP contribution in [0.5, 0.6) is 0 Å². The fraction of sp³-hybridized carbons (Fsp3) is 0.200. The Balaban J connectivity index is 2.64. The molecule has 0 bridgehead atoms. The lowest BCUT2D eigenvalue weighted by molar-refractivity contribution is 0.318. The standard InChI is InChI=1S/C10H13ClN4O/c1-7(11)5-13-6-8-2-3-14-9(4-8)10(12)15-16/h2-4,13,16H,1,5-6H2,(H2,12,15). The van der Waals surface area contributed by atoms with Gasteiger partial charge in [0.05, 0.1) is 0 Å². The van der Waals surface area contributed by atoms with Gasteiger partial charge in [0.15, 0.2) is 5.84 Å². The van der Waals surface area contributed by atoms with Gasteiger partial charge in [-0.05, 0) is 17.7 Å². The average Bonchev–Trinajstić information content (AvgIpc) is 2.28. The molecule has 0 aliphatic carbocycles. The van der Waals surface area contributed by atoms with Gasteiger partial charge in [-0.2, -0.15) is 0 Å². The van der Waals surface area contributed by atoms with Gasteiger partial charge in [-0.15, -0.1) is 0 Å². The molecule has 5 nitrogen and oxygen atoms in total. The molecule has 0 unspecified atom stereocenters. The number of aromatic nitrogens is 1. The van der Waals surface area contributed by atoms with Crippen LogP contribution in [0, 0.1) is 0 Å². The van der Waals surface area contributed by atoms with Crippen LogP contribution in [0.1, 0.15) is 11.3 Å². The van der Waals surface area contributed by atoms with Crippen molar-refractivity contribution in [3.05, 3.63) is 41.2 Å². The van der Waals surface area contributed by atoms with Crippen LogP contribution in [0.25, 0.3) is 0 Å². The van der Waals surface area contributed by atoms with Gasteiger partial charge in [0, 0.05) is 24.3 Å². The summed E-state index contributed by atoms with van der Waals surface area (Å²) in [5, 5.41) is 15.0. The summed E-state index contributed by atoms with van der Waals surface area (Å²) in [6.07, 6.45) is 1.60. The number of nitrogens with two attached hydrogens (primary N) is 1. The minimum Gasteiger partial charge on any atom is -0.409 e. The summed E-state index contributed by atoms with van der Waals surface area (Å²) >= 11 is 5.61. The van der Waals surface area contributed by atoms with Crippen molar-refractivity contribution in [2.24, 2.45) is 10.9 Å². The molecule has 86 valence electrons. The van der Waals surface area contributed by atoms with E-state index < -0.39 is 0 Å². The van der Waals surface area contributed by atoms with Gasteiger partial charge in [-0.25, -0.2) is 0 Å². The van der Waals surface area contributed by atoms with Gasteiger partial charge in [0.2, 0.25) is 0 Å². The third kappa shape index (κ3) is 3.88. The largest absolute Gasteiger partial charge is 0.409 e. The Hall–Kier alpha value is -1.59. The molecule has 6 heteroatoms. The quantitative estimate of drug-likeness (QED) is 0.311. The van der Waals surface area contributed by atoms with Gasteiger partial charge in [0.25, 0.3) is 0 Å². The van der Waals surface area contributed by atoms with Gasteiger partial charge in [0.1, 0.15) is 5.69 Å². The number of pyridine rings is 1. The van der Waals surface area contributed by atoms with Crippen LogP contribution in [0.3, 0.4) is 0 Å². The number of rotatable bonds is 5.